The Morgan fingerprint density at radius 2 is 1.77 bits per heavy atom. The number of amides is 1. The lowest BCUT2D eigenvalue weighted by atomic mass is 9.90. The Labute approximate surface area is 276 Å². The van der Waals surface area contributed by atoms with Gasteiger partial charge in [0.2, 0.25) is 11.3 Å². The summed E-state index contributed by atoms with van der Waals surface area (Å²) in [4.78, 5) is 40.4. The predicted octanol–water partition coefficient (Wildman–Crippen LogP) is 4.68. The summed E-state index contributed by atoms with van der Waals surface area (Å²) in [5, 5.41) is 23.9. The van der Waals surface area contributed by atoms with Crippen LogP contribution >= 0.6 is 0 Å². The molecule has 0 bridgehead atoms. The second kappa shape index (κ2) is 12.4. The lowest BCUT2D eigenvalue weighted by Crippen LogP contribution is -2.53. The molecule has 3 aromatic rings. The minimum Gasteiger partial charge on any atom is -0.495 e. The number of methoxy groups -OCH3 is 1. The molecule has 11 heteroatoms. The lowest BCUT2D eigenvalue weighted by molar-refractivity contribution is -0.135. The number of nitrogens with zero attached hydrogens (tertiary/aromatic N) is 3. The van der Waals surface area contributed by atoms with Gasteiger partial charge in [0.25, 0.3) is 0 Å². The van der Waals surface area contributed by atoms with Crippen molar-refractivity contribution in [2.75, 3.05) is 62.0 Å². The highest BCUT2D eigenvalue weighted by atomic mass is 16.5. The van der Waals surface area contributed by atoms with Crippen molar-refractivity contribution in [3.05, 3.63) is 89.8 Å². The number of carbonyl (C=O) groups is 3. The number of hydrogen-bond donors (Lipinski definition) is 3. The van der Waals surface area contributed by atoms with Gasteiger partial charge in [0.1, 0.15) is 23.6 Å². The van der Waals surface area contributed by atoms with Gasteiger partial charge in [-0.15, -0.1) is 0 Å². The van der Waals surface area contributed by atoms with Crippen LogP contribution in [0.25, 0.3) is 33.4 Å². The van der Waals surface area contributed by atoms with Crippen LogP contribution in [0.5, 0.6) is 5.75 Å². The van der Waals surface area contributed by atoms with E-state index >= 15 is 0 Å². The molecular weight excluding hydrogens is 612 g/mol. The van der Waals surface area contributed by atoms with E-state index in [-0.39, 0.29) is 23.9 Å². The van der Waals surface area contributed by atoms with Crippen molar-refractivity contribution in [3.8, 4) is 28.2 Å². The van der Waals surface area contributed by atoms with Crippen LogP contribution in [0.2, 0.25) is 0 Å². The number of likely N-dealkylation sites (N-methyl/N-ethyl adjacent to an activating group) is 1. The average Bonchev–Trinajstić information content (AvgIpc) is 3.01. The summed E-state index contributed by atoms with van der Waals surface area (Å²) in [5.74, 6) is -1.23. The zero-order valence-electron chi connectivity index (χ0n) is 26.6. The first kappa shape index (κ1) is 30.8. The highest BCUT2D eigenvalue weighted by molar-refractivity contribution is 6.07. The van der Waals surface area contributed by atoms with E-state index in [0.29, 0.717) is 47.1 Å². The highest BCUT2D eigenvalue weighted by Crippen LogP contribution is 2.42. The summed E-state index contributed by atoms with van der Waals surface area (Å²) in [7, 11) is 3.16. The second-order valence-electron chi connectivity index (χ2n) is 12.3. The maximum atomic E-state index is 13.2. The largest absolute Gasteiger partial charge is 0.495 e. The number of benzene rings is 4. The molecule has 0 aromatic heterocycles. The van der Waals surface area contributed by atoms with Gasteiger partial charge in [-0.1, -0.05) is 18.2 Å². The topological polar surface area (TPSA) is 136 Å². The smallest absolute Gasteiger partial charge is 0.336 e. The van der Waals surface area contributed by atoms with E-state index in [4.69, 9.17) is 14.3 Å². The van der Waals surface area contributed by atoms with Gasteiger partial charge in [0, 0.05) is 66.2 Å². The first-order chi connectivity index (χ1) is 23.2. The molecule has 0 atom stereocenters. The number of hydrogen-bond acceptors (Lipinski definition) is 7. The molecule has 2 fully saturated rings. The summed E-state index contributed by atoms with van der Waals surface area (Å²) in [6.45, 7) is 2.81. The zero-order chi connectivity index (χ0) is 33.5. The van der Waals surface area contributed by atoms with Crippen molar-refractivity contribution >= 4 is 45.9 Å². The molecule has 7 rings (SSSR count). The van der Waals surface area contributed by atoms with E-state index in [1.165, 1.54) is 7.11 Å². The standard InChI is InChI=1S/C37H34N4O7/c1-39(21-34(42)43)30-13-8-23(16-33(30)47-2)38-36(44)22-19-41(20-22)25-10-12-29-32(18-25)48-31-17-24(40-14-5-15-40)9-11-28(31)35(29)26-6-3-4-7-27(26)37(45)46/h3-4,6-13,16-18,22H,5,14-15,19-21H2,1-2H3,(H2-,38,42,43,44,45,46)/p+1. The molecule has 0 saturated carbocycles. The van der Waals surface area contributed by atoms with Gasteiger partial charge in [0.05, 0.1) is 24.4 Å². The van der Waals surface area contributed by atoms with Gasteiger partial charge in [-0.3, -0.25) is 9.59 Å². The maximum absolute atomic E-state index is 13.2. The minimum atomic E-state index is -0.994. The zero-order valence-corrected chi connectivity index (χ0v) is 26.6. The van der Waals surface area contributed by atoms with E-state index in [0.717, 1.165) is 47.1 Å². The van der Waals surface area contributed by atoms with Crippen LogP contribution in [0, 0.1) is 5.92 Å². The third kappa shape index (κ3) is 5.68. The molecule has 48 heavy (non-hydrogen) atoms. The molecule has 2 saturated heterocycles. The fraction of sp³-hybridized carbons (Fsp3) is 0.243. The Balaban J connectivity index is 1.19. The molecule has 3 aliphatic heterocycles. The first-order valence-electron chi connectivity index (χ1n) is 15.8. The monoisotopic (exact) mass is 647 g/mol. The third-order valence-corrected chi connectivity index (χ3v) is 9.19. The maximum Gasteiger partial charge on any atom is 0.336 e. The molecule has 0 unspecified atom stereocenters. The van der Waals surface area contributed by atoms with Crippen molar-refractivity contribution in [2.24, 2.45) is 5.92 Å². The Morgan fingerprint density at radius 3 is 2.48 bits per heavy atom. The van der Waals surface area contributed by atoms with Crippen LogP contribution in [-0.4, -0.2) is 74.9 Å². The number of aromatic carboxylic acids is 1. The SMILES string of the molecule is COc1cc(NC(=O)C2C[N+](=c3ccc4c(-c5ccccc5C(=O)O)c5ccc(N6CCC6)cc5oc-4c3)C2)ccc1N(C)CC(=O)O. The Hall–Kier alpha value is -5.84. The molecule has 4 aliphatic rings. The number of carbonyl (C=O) groups excluding carboxylic acids is 1. The predicted molar refractivity (Wildman–Crippen MR) is 183 cm³/mol. The van der Waals surface area contributed by atoms with Gasteiger partial charge < -0.3 is 34.5 Å². The Bertz CT molecular complexity index is 2130. The van der Waals surface area contributed by atoms with Crippen LogP contribution in [0.4, 0.5) is 17.1 Å². The lowest BCUT2D eigenvalue weighted by Gasteiger charge is -2.33. The summed E-state index contributed by atoms with van der Waals surface area (Å²) >= 11 is 0. The summed E-state index contributed by atoms with van der Waals surface area (Å²) in [6, 6.07) is 24.2. The summed E-state index contributed by atoms with van der Waals surface area (Å²) < 4.78 is 14.1. The summed E-state index contributed by atoms with van der Waals surface area (Å²) in [5.41, 5.74) is 5.37. The normalized spacial score (nSPS) is 15.5. The Morgan fingerprint density at radius 1 is 0.979 bits per heavy atom. The van der Waals surface area contributed by atoms with Crippen LogP contribution in [0.3, 0.4) is 0 Å². The molecule has 3 heterocycles. The Kier molecular flexibility index (Phi) is 7.96. The quantitative estimate of drug-likeness (QED) is 0.154. The molecular formula is C37H35N4O7+. The number of rotatable bonds is 9. The van der Waals surface area contributed by atoms with Gasteiger partial charge in [-0.25, -0.2) is 9.37 Å². The molecule has 1 aliphatic carbocycles. The van der Waals surface area contributed by atoms with Gasteiger partial charge in [-0.05, 0) is 48.4 Å². The molecule has 0 spiro atoms. The molecule has 0 radical (unpaired) electrons. The van der Waals surface area contributed by atoms with Crippen LogP contribution in [0.15, 0.2) is 83.3 Å². The van der Waals surface area contributed by atoms with Crippen molar-refractivity contribution in [1.82, 2.24) is 4.58 Å². The number of nitrogens with one attached hydrogen (secondary N) is 1. The van der Waals surface area contributed by atoms with E-state index in [2.05, 4.69) is 20.9 Å². The van der Waals surface area contributed by atoms with E-state index in [1.54, 1.807) is 42.3 Å². The first-order valence-corrected chi connectivity index (χ1v) is 15.8. The highest BCUT2D eigenvalue weighted by Gasteiger charge is 2.38. The van der Waals surface area contributed by atoms with Crippen molar-refractivity contribution in [1.29, 1.82) is 0 Å². The van der Waals surface area contributed by atoms with Crippen LogP contribution in [0.1, 0.15) is 16.8 Å². The molecule has 11 nitrogen and oxygen atoms in total. The van der Waals surface area contributed by atoms with E-state index < -0.39 is 11.9 Å². The number of anilines is 3. The molecule has 1 amide bonds. The van der Waals surface area contributed by atoms with Crippen LogP contribution < -0.4 is 29.8 Å². The number of ether oxygens (including phenoxy) is 1. The number of aliphatic carboxylic acids is 1. The van der Waals surface area contributed by atoms with Crippen LogP contribution in [-0.2, 0) is 9.59 Å². The van der Waals surface area contributed by atoms with Crippen molar-refractivity contribution in [3.63, 3.8) is 0 Å². The molecule has 3 aromatic carbocycles. The third-order valence-electron chi connectivity index (χ3n) is 9.19. The average molecular weight is 648 g/mol. The van der Waals surface area contributed by atoms with E-state index in [9.17, 15) is 19.5 Å². The number of fused-ring (bicyclic) bond motifs is 2. The van der Waals surface area contributed by atoms with Crippen molar-refractivity contribution in [2.45, 2.75) is 6.42 Å². The fourth-order valence-electron chi connectivity index (χ4n) is 6.47. The minimum absolute atomic E-state index is 0.123. The fourth-order valence-corrected chi connectivity index (χ4v) is 6.47. The van der Waals surface area contributed by atoms with Crippen molar-refractivity contribution < 1.29 is 33.8 Å². The van der Waals surface area contributed by atoms with E-state index in [1.807, 2.05) is 42.5 Å². The molecule has 3 N–H and O–H groups in total. The number of carboxylic acids is 2. The molecule has 244 valence electrons. The number of carboxylic acid groups (broad SMARTS) is 2. The summed E-state index contributed by atoms with van der Waals surface area (Å²) in [6.07, 6.45) is 1.15. The van der Waals surface area contributed by atoms with Gasteiger partial charge in [0.15, 0.2) is 19.0 Å². The van der Waals surface area contributed by atoms with Gasteiger partial charge >= 0.3 is 11.9 Å². The second-order valence-corrected chi connectivity index (χ2v) is 12.3. The van der Waals surface area contributed by atoms with Gasteiger partial charge in [-0.2, -0.15) is 0 Å².